The van der Waals surface area contributed by atoms with Crippen LogP contribution in [0, 0.1) is 5.92 Å². The number of fused-ring (bicyclic) bond motifs is 1. The molecule has 4 nitrogen and oxygen atoms in total. The molecule has 0 saturated heterocycles. The van der Waals surface area contributed by atoms with Crippen molar-refractivity contribution < 1.29 is 9.59 Å². The van der Waals surface area contributed by atoms with Gasteiger partial charge in [0.15, 0.2) is 11.6 Å². The molecule has 2 unspecified atom stereocenters. The number of nitrogens with two attached hydrogens (primary N) is 2. The Morgan fingerprint density at radius 3 is 2.78 bits per heavy atom. The van der Waals surface area contributed by atoms with Gasteiger partial charge in [0.05, 0.1) is 5.92 Å². The van der Waals surface area contributed by atoms with Gasteiger partial charge in [0, 0.05) is 28.5 Å². The fourth-order valence-electron chi connectivity index (χ4n) is 2.83. The molecule has 0 spiro atoms. The zero-order chi connectivity index (χ0) is 12.9. The van der Waals surface area contributed by atoms with Crippen LogP contribution in [0.4, 0.5) is 0 Å². The SMILES string of the molecule is NC1=C2C(=O)C3=C(CCC=C3)C(=O)C2C(N)C=C1. The van der Waals surface area contributed by atoms with Gasteiger partial charge in [0.25, 0.3) is 0 Å². The summed E-state index contributed by atoms with van der Waals surface area (Å²) in [5.41, 5.74) is 13.6. The van der Waals surface area contributed by atoms with Crippen LogP contribution in [0.1, 0.15) is 12.8 Å². The van der Waals surface area contributed by atoms with Crippen LogP contribution in [-0.4, -0.2) is 17.6 Å². The van der Waals surface area contributed by atoms with Gasteiger partial charge in [-0.15, -0.1) is 0 Å². The predicted octanol–water partition coefficient (Wildman–Crippen LogP) is 0.511. The molecule has 4 heteroatoms. The largest absolute Gasteiger partial charge is 0.398 e. The van der Waals surface area contributed by atoms with Crippen molar-refractivity contribution in [3.63, 3.8) is 0 Å². The molecule has 0 amide bonds. The minimum Gasteiger partial charge on any atom is -0.398 e. The molecule has 4 N–H and O–H groups in total. The zero-order valence-electron chi connectivity index (χ0n) is 9.85. The molecule has 0 saturated carbocycles. The second kappa shape index (κ2) is 3.78. The van der Waals surface area contributed by atoms with Gasteiger partial charge in [-0.2, -0.15) is 0 Å². The van der Waals surface area contributed by atoms with Crippen LogP contribution in [-0.2, 0) is 9.59 Å². The average Bonchev–Trinajstić information content (AvgIpc) is 2.38. The molecular weight excluding hydrogens is 228 g/mol. The summed E-state index contributed by atoms with van der Waals surface area (Å²) < 4.78 is 0. The standard InChI is InChI=1S/C14H14N2O2/c15-9-5-6-10(16)12-11(9)13(17)7-3-1-2-4-8(7)14(12)18/h1,3,5-6,10,12H,2,4,15-16H2. The summed E-state index contributed by atoms with van der Waals surface area (Å²) >= 11 is 0. The van der Waals surface area contributed by atoms with Crippen LogP contribution in [0.3, 0.4) is 0 Å². The van der Waals surface area contributed by atoms with E-state index in [9.17, 15) is 9.59 Å². The highest BCUT2D eigenvalue weighted by atomic mass is 16.1. The molecule has 0 bridgehead atoms. The Morgan fingerprint density at radius 1 is 1.22 bits per heavy atom. The molecule has 92 valence electrons. The second-order valence-electron chi connectivity index (χ2n) is 4.81. The third kappa shape index (κ3) is 1.36. The first kappa shape index (κ1) is 11.2. The number of allylic oxidation sites excluding steroid dienone is 5. The summed E-state index contributed by atoms with van der Waals surface area (Å²) in [6, 6.07) is -0.455. The van der Waals surface area contributed by atoms with Crippen LogP contribution in [0.15, 0.2) is 46.7 Å². The summed E-state index contributed by atoms with van der Waals surface area (Å²) in [6.45, 7) is 0. The van der Waals surface area contributed by atoms with Gasteiger partial charge >= 0.3 is 0 Å². The fourth-order valence-corrected chi connectivity index (χ4v) is 2.83. The van der Waals surface area contributed by atoms with E-state index >= 15 is 0 Å². The summed E-state index contributed by atoms with van der Waals surface area (Å²) in [4.78, 5) is 24.9. The molecule has 0 heterocycles. The molecular formula is C14H14N2O2. The lowest BCUT2D eigenvalue weighted by molar-refractivity contribution is -0.122. The summed E-state index contributed by atoms with van der Waals surface area (Å²) in [7, 11) is 0. The van der Waals surface area contributed by atoms with E-state index in [-0.39, 0.29) is 11.6 Å². The first-order valence-electron chi connectivity index (χ1n) is 6.03. The van der Waals surface area contributed by atoms with Gasteiger partial charge in [-0.05, 0) is 18.9 Å². The van der Waals surface area contributed by atoms with Gasteiger partial charge < -0.3 is 11.5 Å². The van der Waals surface area contributed by atoms with Gasteiger partial charge in [-0.1, -0.05) is 18.2 Å². The number of carbonyl (C=O) groups excluding carboxylic acids is 2. The number of hydrogen-bond acceptors (Lipinski definition) is 4. The van der Waals surface area contributed by atoms with Crippen molar-refractivity contribution >= 4 is 11.6 Å². The Morgan fingerprint density at radius 2 is 2.00 bits per heavy atom. The highest BCUT2D eigenvalue weighted by Gasteiger charge is 2.43. The lowest BCUT2D eigenvalue weighted by Crippen LogP contribution is -2.44. The summed E-state index contributed by atoms with van der Waals surface area (Å²) in [6.07, 6.45) is 8.39. The molecule has 3 rings (SSSR count). The highest BCUT2D eigenvalue weighted by molar-refractivity contribution is 6.24. The Hall–Kier alpha value is -1.94. The van der Waals surface area contributed by atoms with Crippen molar-refractivity contribution in [2.45, 2.75) is 18.9 Å². The summed E-state index contributed by atoms with van der Waals surface area (Å²) in [5, 5.41) is 0. The van der Waals surface area contributed by atoms with E-state index in [2.05, 4.69) is 0 Å². The maximum absolute atomic E-state index is 12.4. The van der Waals surface area contributed by atoms with E-state index in [1.807, 2.05) is 6.08 Å². The van der Waals surface area contributed by atoms with E-state index in [0.717, 1.165) is 6.42 Å². The van der Waals surface area contributed by atoms with Crippen molar-refractivity contribution in [3.05, 3.63) is 46.7 Å². The Labute approximate surface area is 105 Å². The maximum Gasteiger partial charge on any atom is 0.192 e. The van der Waals surface area contributed by atoms with Gasteiger partial charge in [0.2, 0.25) is 0 Å². The third-order valence-electron chi connectivity index (χ3n) is 3.74. The smallest absolute Gasteiger partial charge is 0.192 e. The molecule has 0 aromatic carbocycles. The van der Waals surface area contributed by atoms with Crippen LogP contribution in [0.25, 0.3) is 0 Å². The highest BCUT2D eigenvalue weighted by Crippen LogP contribution is 2.37. The molecule has 3 aliphatic rings. The van der Waals surface area contributed by atoms with E-state index in [4.69, 9.17) is 11.5 Å². The fraction of sp³-hybridized carbons (Fsp3) is 0.286. The quantitative estimate of drug-likeness (QED) is 0.648. The van der Waals surface area contributed by atoms with Gasteiger partial charge in [-0.25, -0.2) is 0 Å². The van der Waals surface area contributed by atoms with Crippen LogP contribution in [0.5, 0.6) is 0 Å². The normalized spacial score (nSPS) is 30.7. The third-order valence-corrected chi connectivity index (χ3v) is 3.74. The van der Waals surface area contributed by atoms with Crippen molar-refractivity contribution in [2.24, 2.45) is 17.4 Å². The van der Waals surface area contributed by atoms with Crippen LogP contribution < -0.4 is 11.5 Å². The first-order chi connectivity index (χ1) is 8.61. The Balaban J connectivity index is 2.22. The van der Waals surface area contributed by atoms with Gasteiger partial charge in [-0.3, -0.25) is 9.59 Å². The van der Waals surface area contributed by atoms with Crippen molar-refractivity contribution in [2.75, 3.05) is 0 Å². The van der Waals surface area contributed by atoms with E-state index < -0.39 is 12.0 Å². The zero-order valence-corrected chi connectivity index (χ0v) is 9.85. The summed E-state index contributed by atoms with van der Waals surface area (Å²) in [5.74, 6) is -0.764. The van der Waals surface area contributed by atoms with E-state index in [0.29, 0.717) is 28.8 Å². The monoisotopic (exact) mass is 242 g/mol. The van der Waals surface area contributed by atoms with Crippen molar-refractivity contribution in [3.8, 4) is 0 Å². The van der Waals surface area contributed by atoms with Crippen molar-refractivity contribution in [1.29, 1.82) is 0 Å². The number of hydrogen-bond donors (Lipinski definition) is 2. The number of Topliss-reactive ketones (excluding diaryl/α,β-unsaturated/α-hetero) is 2. The number of rotatable bonds is 0. The van der Waals surface area contributed by atoms with Crippen LogP contribution in [0.2, 0.25) is 0 Å². The molecule has 0 fully saturated rings. The van der Waals surface area contributed by atoms with E-state index in [1.165, 1.54) is 0 Å². The Kier molecular flexibility index (Phi) is 2.35. The van der Waals surface area contributed by atoms with Gasteiger partial charge in [0.1, 0.15) is 0 Å². The molecule has 18 heavy (non-hydrogen) atoms. The molecule has 3 aliphatic carbocycles. The lowest BCUT2D eigenvalue weighted by Gasteiger charge is -2.33. The minimum atomic E-state index is -0.590. The number of ketones is 2. The Bertz CT molecular complexity index is 579. The molecule has 2 atom stereocenters. The van der Waals surface area contributed by atoms with Crippen LogP contribution >= 0.6 is 0 Å². The second-order valence-corrected chi connectivity index (χ2v) is 4.81. The topological polar surface area (TPSA) is 86.2 Å². The first-order valence-corrected chi connectivity index (χ1v) is 6.03. The predicted molar refractivity (Wildman–Crippen MR) is 67.2 cm³/mol. The van der Waals surface area contributed by atoms with Crippen molar-refractivity contribution in [1.82, 2.24) is 0 Å². The lowest BCUT2D eigenvalue weighted by atomic mass is 9.70. The molecule has 0 aromatic rings. The average molecular weight is 242 g/mol. The maximum atomic E-state index is 12.4. The minimum absolute atomic E-state index is 0.0382. The van der Waals surface area contributed by atoms with E-state index in [1.54, 1.807) is 18.2 Å². The molecule has 0 aliphatic heterocycles. The molecule has 0 aromatic heterocycles. The molecule has 0 radical (unpaired) electrons. The number of carbonyl (C=O) groups is 2.